The molecule has 0 aliphatic carbocycles. The molecular weight excluding hydrogens is 283 g/mol. The Morgan fingerprint density at radius 2 is 1.95 bits per heavy atom. The van der Waals surface area contributed by atoms with Gasteiger partial charge in [0.25, 0.3) is 0 Å². The molecule has 0 saturated heterocycles. The first-order chi connectivity index (χ1) is 9.01. The Morgan fingerprint density at radius 3 is 2.42 bits per heavy atom. The highest BCUT2D eigenvalue weighted by Gasteiger charge is 2.22. The van der Waals surface area contributed by atoms with Gasteiger partial charge in [0.15, 0.2) is 0 Å². The number of hydrogen-bond donors (Lipinski definition) is 1. The summed E-state index contributed by atoms with van der Waals surface area (Å²) in [6.45, 7) is 6.33. The quantitative estimate of drug-likeness (QED) is 0.839. The average Bonchev–Trinajstić information content (AvgIpc) is 2.37. The van der Waals surface area contributed by atoms with Crippen LogP contribution in [0.5, 0.6) is 0 Å². The number of rotatable bonds is 7. The van der Waals surface area contributed by atoms with Crippen LogP contribution >= 0.6 is 23.2 Å². The number of nitrogens with zero attached hydrogens (tertiary/aromatic N) is 1. The normalized spacial score (nSPS) is 13.3. The Bertz CT molecular complexity index is 399. The Balaban J connectivity index is 2.97. The second-order valence-electron chi connectivity index (χ2n) is 4.75. The van der Waals surface area contributed by atoms with Gasteiger partial charge in [0, 0.05) is 32.3 Å². The lowest BCUT2D eigenvalue weighted by molar-refractivity contribution is 0.0979. The smallest absolute Gasteiger partial charge is 0.0595 e. The van der Waals surface area contributed by atoms with Crippen LogP contribution in [0.1, 0.15) is 25.5 Å². The Hall–Kier alpha value is -0.320. The number of halogens is 2. The highest BCUT2D eigenvalue weighted by atomic mass is 35.5. The first kappa shape index (κ1) is 16.7. The molecule has 0 aliphatic heterocycles. The van der Waals surface area contributed by atoms with E-state index in [0.29, 0.717) is 29.2 Å². The van der Waals surface area contributed by atoms with E-state index >= 15 is 0 Å². The van der Waals surface area contributed by atoms with Crippen molar-refractivity contribution in [1.29, 1.82) is 0 Å². The number of benzene rings is 1. The van der Waals surface area contributed by atoms with Gasteiger partial charge in [-0.05, 0) is 31.5 Å². The van der Waals surface area contributed by atoms with E-state index in [0.717, 1.165) is 12.1 Å². The van der Waals surface area contributed by atoms with E-state index in [9.17, 15) is 0 Å². The highest BCUT2D eigenvalue weighted by molar-refractivity contribution is 6.42. The largest absolute Gasteiger partial charge is 0.383 e. The SMILES string of the molecule is COCCN(C(C)C)C(CN)c1ccc(Cl)c(Cl)c1. The van der Waals surface area contributed by atoms with Crippen molar-refractivity contribution in [3.8, 4) is 0 Å². The first-order valence-electron chi connectivity index (χ1n) is 6.41. The second kappa shape index (κ2) is 8.08. The third kappa shape index (κ3) is 4.62. The molecule has 0 heterocycles. The van der Waals surface area contributed by atoms with Crippen LogP contribution in [0.15, 0.2) is 18.2 Å². The maximum Gasteiger partial charge on any atom is 0.0595 e. The van der Waals surface area contributed by atoms with E-state index in [2.05, 4.69) is 18.7 Å². The van der Waals surface area contributed by atoms with Gasteiger partial charge in [0.05, 0.1) is 16.7 Å². The standard InChI is InChI=1S/C14H22Cl2N2O/c1-10(2)18(6-7-19-3)14(9-17)11-4-5-12(15)13(16)8-11/h4-5,8,10,14H,6-7,9,17H2,1-3H3. The number of hydrogen-bond acceptors (Lipinski definition) is 3. The summed E-state index contributed by atoms with van der Waals surface area (Å²) in [5.74, 6) is 0. The molecule has 0 fully saturated rings. The van der Waals surface area contributed by atoms with Crippen LogP contribution in [0.25, 0.3) is 0 Å². The van der Waals surface area contributed by atoms with Gasteiger partial charge in [-0.25, -0.2) is 0 Å². The van der Waals surface area contributed by atoms with Gasteiger partial charge in [-0.1, -0.05) is 29.3 Å². The van der Waals surface area contributed by atoms with Gasteiger partial charge in [-0.2, -0.15) is 0 Å². The molecular formula is C14H22Cl2N2O. The van der Waals surface area contributed by atoms with Crippen LogP contribution in [-0.2, 0) is 4.74 Å². The minimum Gasteiger partial charge on any atom is -0.383 e. The molecule has 0 aromatic heterocycles. The maximum absolute atomic E-state index is 6.09. The van der Waals surface area contributed by atoms with E-state index in [1.54, 1.807) is 7.11 Å². The van der Waals surface area contributed by atoms with E-state index in [-0.39, 0.29) is 6.04 Å². The van der Waals surface area contributed by atoms with E-state index < -0.39 is 0 Å². The van der Waals surface area contributed by atoms with Crippen LogP contribution in [0.4, 0.5) is 0 Å². The average molecular weight is 305 g/mol. The maximum atomic E-state index is 6.09. The fraction of sp³-hybridized carbons (Fsp3) is 0.571. The van der Waals surface area contributed by atoms with Crippen molar-refractivity contribution >= 4 is 23.2 Å². The van der Waals surface area contributed by atoms with Crippen molar-refractivity contribution in [2.75, 3.05) is 26.8 Å². The van der Waals surface area contributed by atoms with Crippen LogP contribution in [0, 0.1) is 0 Å². The lowest BCUT2D eigenvalue weighted by atomic mass is 10.0. The molecule has 5 heteroatoms. The third-order valence-electron chi connectivity index (χ3n) is 3.17. The first-order valence-corrected chi connectivity index (χ1v) is 7.16. The fourth-order valence-electron chi connectivity index (χ4n) is 2.15. The van der Waals surface area contributed by atoms with Crippen molar-refractivity contribution in [2.24, 2.45) is 5.73 Å². The van der Waals surface area contributed by atoms with Gasteiger partial charge < -0.3 is 10.5 Å². The molecule has 1 aromatic carbocycles. The molecule has 2 N–H and O–H groups in total. The van der Waals surface area contributed by atoms with Gasteiger partial charge in [-0.15, -0.1) is 0 Å². The zero-order valence-corrected chi connectivity index (χ0v) is 13.2. The lowest BCUT2D eigenvalue weighted by Crippen LogP contribution is -2.40. The van der Waals surface area contributed by atoms with Gasteiger partial charge >= 0.3 is 0 Å². The van der Waals surface area contributed by atoms with Crippen LogP contribution in [0.3, 0.4) is 0 Å². The summed E-state index contributed by atoms with van der Waals surface area (Å²) in [7, 11) is 1.70. The summed E-state index contributed by atoms with van der Waals surface area (Å²) in [5, 5.41) is 1.13. The molecule has 1 aromatic rings. The monoisotopic (exact) mass is 304 g/mol. The zero-order chi connectivity index (χ0) is 14.4. The molecule has 1 rings (SSSR count). The summed E-state index contributed by atoms with van der Waals surface area (Å²) < 4.78 is 5.17. The molecule has 0 amide bonds. The van der Waals surface area contributed by atoms with E-state index in [1.165, 1.54) is 0 Å². The van der Waals surface area contributed by atoms with Crippen LogP contribution in [-0.4, -0.2) is 37.7 Å². The van der Waals surface area contributed by atoms with Gasteiger partial charge in [0.2, 0.25) is 0 Å². The zero-order valence-electron chi connectivity index (χ0n) is 11.7. The topological polar surface area (TPSA) is 38.5 Å². The minimum absolute atomic E-state index is 0.116. The Kier molecular flexibility index (Phi) is 7.11. The molecule has 0 bridgehead atoms. The molecule has 0 radical (unpaired) electrons. The lowest BCUT2D eigenvalue weighted by Gasteiger charge is -2.34. The summed E-state index contributed by atoms with van der Waals surface area (Å²) in [6.07, 6.45) is 0. The summed E-state index contributed by atoms with van der Waals surface area (Å²) in [4.78, 5) is 2.31. The second-order valence-corrected chi connectivity index (χ2v) is 5.56. The van der Waals surface area contributed by atoms with Gasteiger partial charge in [-0.3, -0.25) is 4.90 Å². The van der Waals surface area contributed by atoms with Crippen molar-refractivity contribution in [3.63, 3.8) is 0 Å². The van der Waals surface area contributed by atoms with Crippen molar-refractivity contribution in [2.45, 2.75) is 25.9 Å². The molecule has 19 heavy (non-hydrogen) atoms. The van der Waals surface area contributed by atoms with Crippen molar-refractivity contribution in [3.05, 3.63) is 33.8 Å². The molecule has 1 atom stereocenters. The predicted octanol–water partition coefficient (Wildman–Crippen LogP) is 3.35. The summed E-state index contributed by atoms with van der Waals surface area (Å²) in [5.41, 5.74) is 7.03. The minimum atomic E-state index is 0.116. The molecule has 0 saturated carbocycles. The van der Waals surface area contributed by atoms with Crippen molar-refractivity contribution < 1.29 is 4.74 Å². The number of methoxy groups -OCH3 is 1. The number of nitrogens with two attached hydrogens (primary N) is 1. The van der Waals surface area contributed by atoms with E-state index in [4.69, 9.17) is 33.7 Å². The van der Waals surface area contributed by atoms with Crippen LogP contribution < -0.4 is 5.73 Å². The number of ether oxygens (including phenoxy) is 1. The van der Waals surface area contributed by atoms with Crippen molar-refractivity contribution in [1.82, 2.24) is 4.90 Å². The molecule has 108 valence electrons. The molecule has 3 nitrogen and oxygen atoms in total. The molecule has 0 aliphatic rings. The summed E-state index contributed by atoms with van der Waals surface area (Å²) >= 11 is 12.0. The Labute approximate surface area is 125 Å². The highest BCUT2D eigenvalue weighted by Crippen LogP contribution is 2.28. The summed E-state index contributed by atoms with van der Waals surface area (Å²) in [6, 6.07) is 6.18. The third-order valence-corrected chi connectivity index (χ3v) is 3.91. The van der Waals surface area contributed by atoms with Crippen LogP contribution in [0.2, 0.25) is 10.0 Å². The van der Waals surface area contributed by atoms with Gasteiger partial charge in [0.1, 0.15) is 0 Å². The molecule has 1 unspecified atom stereocenters. The molecule has 0 spiro atoms. The Morgan fingerprint density at radius 1 is 1.26 bits per heavy atom. The fourth-order valence-corrected chi connectivity index (χ4v) is 2.46. The van der Waals surface area contributed by atoms with E-state index in [1.807, 2.05) is 18.2 Å². The predicted molar refractivity (Wildman–Crippen MR) is 82.0 cm³/mol.